The molecule has 0 spiro atoms. The molecule has 2 N–H and O–H groups in total. The Morgan fingerprint density at radius 3 is 2.36 bits per heavy atom. The van der Waals surface area contributed by atoms with E-state index >= 15 is 0 Å². The van der Waals surface area contributed by atoms with Crippen LogP contribution in [0, 0.1) is 0 Å². The quantitative estimate of drug-likeness (QED) is 0.639. The van der Waals surface area contributed by atoms with Crippen LogP contribution < -0.4 is 5.73 Å². The van der Waals surface area contributed by atoms with E-state index in [0.717, 1.165) is 19.3 Å². The molecule has 66 valence electrons. The number of methoxy groups -OCH3 is 2. The molecule has 0 heterocycles. The summed E-state index contributed by atoms with van der Waals surface area (Å²) < 4.78 is 10.4. The number of ether oxygens (including phenoxy) is 2. The SMILES string of the molecule is COC1CCC(OC)C(N)C1. The van der Waals surface area contributed by atoms with Gasteiger partial charge in [-0.25, -0.2) is 0 Å². The van der Waals surface area contributed by atoms with E-state index in [0.29, 0.717) is 6.10 Å². The Morgan fingerprint density at radius 1 is 1.18 bits per heavy atom. The van der Waals surface area contributed by atoms with Gasteiger partial charge in [-0.3, -0.25) is 0 Å². The van der Waals surface area contributed by atoms with Crippen LogP contribution in [0.25, 0.3) is 0 Å². The van der Waals surface area contributed by atoms with Crippen molar-refractivity contribution in [1.82, 2.24) is 0 Å². The maximum absolute atomic E-state index is 5.85. The van der Waals surface area contributed by atoms with E-state index in [4.69, 9.17) is 15.2 Å². The molecule has 0 aromatic rings. The molecule has 1 aliphatic rings. The van der Waals surface area contributed by atoms with Crippen LogP contribution in [-0.4, -0.2) is 32.5 Å². The molecule has 0 radical (unpaired) electrons. The zero-order valence-electron chi connectivity index (χ0n) is 7.25. The third-order valence-corrected chi connectivity index (χ3v) is 2.42. The lowest BCUT2D eigenvalue weighted by molar-refractivity contribution is -0.00834. The van der Waals surface area contributed by atoms with Gasteiger partial charge in [-0.15, -0.1) is 0 Å². The van der Waals surface area contributed by atoms with Crippen LogP contribution in [0.2, 0.25) is 0 Å². The second-order valence-electron chi connectivity index (χ2n) is 3.11. The zero-order valence-corrected chi connectivity index (χ0v) is 7.25. The maximum Gasteiger partial charge on any atom is 0.0724 e. The third kappa shape index (κ3) is 2.15. The predicted octanol–water partition coefficient (Wildman–Crippen LogP) is 0.528. The second kappa shape index (κ2) is 4.04. The monoisotopic (exact) mass is 159 g/mol. The fourth-order valence-corrected chi connectivity index (χ4v) is 1.64. The van der Waals surface area contributed by atoms with Crippen molar-refractivity contribution >= 4 is 0 Å². The van der Waals surface area contributed by atoms with Crippen molar-refractivity contribution in [3.05, 3.63) is 0 Å². The minimum Gasteiger partial charge on any atom is -0.381 e. The first-order chi connectivity index (χ1) is 5.27. The van der Waals surface area contributed by atoms with Crippen molar-refractivity contribution in [3.63, 3.8) is 0 Å². The summed E-state index contributed by atoms with van der Waals surface area (Å²) in [7, 11) is 3.46. The molecule has 3 atom stereocenters. The topological polar surface area (TPSA) is 44.5 Å². The van der Waals surface area contributed by atoms with Crippen LogP contribution in [0.5, 0.6) is 0 Å². The predicted molar refractivity (Wildman–Crippen MR) is 43.4 cm³/mol. The first-order valence-electron chi connectivity index (χ1n) is 4.09. The Morgan fingerprint density at radius 2 is 1.91 bits per heavy atom. The van der Waals surface area contributed by atoms with Crippen molar-refractivity contribution in [1.29, 1.82) is 0 Å². The van der Waals surface area contributed by atoms with Crippen LogP contribution in [0.4, 0.5) is 0 Å². The van der Waals surface area contributed by atoms with E-state index in [2.05, 4.69) is 0 Å². The summed E-state index contributed by atoms with van der Waals surface area (Å²) >= 11 is 0. The highest BCUT2D eigenvalue weighted by atomic mass is 16.5. The molecule has 0 aromatic heterocycles. The number of nitrogens with two attached hydrogens (primary N) is 1. The molecule has 1 fully saturated rings. The molecule has 1 saturated carbocycles. The zero-order chi connectivity index (χ0) is 8.27. The first kappa shape index (κ1) is 8.97. The van der Waals surface area contributed by atoms with Gasteiger partial charge in [0.25, 0.3) is 0 Å². The lowest BCUT2D eigenvalue weighted by Crippen LogP contribution is -2.43. The molecule has 1 rings (SSSR count). The minimum atomic E-state index is 0.152. The average molecular weight is 159 g/mol. The molecule has 11 heavy (non-hydrogen) atoms. The smallest absolute Gasteiger partial charge is 0.0724 e. The van der Waals surface area contributed by atoms with E-state index in [1.165, 1.54) is 0 Å². The summed E-state index contributed by atoms with van der Waals surface area (Å²) in [6.07, 6.45) is 3.60. The van der Waals surface area contributed by atoms with Gasteiger partial charge in [0.15, 0.2) is 0 Å². The van der Waals surface area contributed by atoms with Crippen LogP contribution >= 0.6 is 0 Å². The summed E-state index contributed by atoms with van der Waals surface area (Å²) in [4.78, 5) is 0. The minimum absolute atomic E-state index is 0.152. The largest absolute Gasteiger partial charge is 0.381 e. The summed E-state index contributed by atoms with van der Waals surface area (Å²) in [5.74, 6) is 0. The molecule has 3 unspecified atom stereocenters. The molecule has 3 heteroatoms. The van der Waals surface area contributed by atoms with Gasteiger partial charge < -0.3 is 15.2 Å². The highest BCUT2D eigenvalue weighted by Crippen LogP contribution is 2.21. The normalized spacial score (nSPS) is 39.0. The molecule has 0 aliphatic heterocycles. The van der Waals surface area contributed by atoms with Gasteiger partial charge in [-0.2, -0.15) is 0 Å². The molecule has 3 nitrogen and oxygen atoms in total. The van der Waals surface area contributed by atoms with Crippen molar-refractivity contribution in [3.8, 4) is 0 Å². The highest BCUT2D eigenvalue weighted by molar-refractivity contribution is 4.83. The molecule has 0 amide bonds. The Bertz CT molecular complexity index is 119. The van der Waals surface area contributed by atoms with E-state index in [9.17, 15) is 0 Å². The van der Waals surface area contributed by atoms with Crippen LogP contribution in [-0.2, 0) is 9.47 Å². The van der Waals surface area contributed by atoms with Gasteiger partial charge in [-0.1, -0.05) is 0 Å². The number of rotatable bonds is 2. The number of hydrogen-bond donors (Lipinski definition) is 1. The van der Waals surface area contributed by atoms with Gasteiger partial charge >= 0.3 is 0 Å². The van der Waals surface area contributed by atoms with Crippen LogP contribution in [0.15, 0.2) is 0 Å². The molecule has 0 bridgehead atoms. The van der Waals surface area contributed by atoms with Crippen LogP contribution in [0.1, 0.15) is 19.3 Å². The van der Waals surface area contributed by atoms with Crippen molar-refractivity contribution < 1.29 is 9.47 Å². The third-order valence-electron chi connectivity index (χ3n) is 2.42. The molecule has 0 saturated heterocycles. The fourth-order valence-electron chi connectivity index (χ4n) is 1.64. The van der Waals surface area contributed by atoms with E-state index in [1.54, 1.807) is 14.2 Å². The maximum atomic E-state index is 5.85. The van der Waals surface area contributed by atoms with E-state index < -0.39 is 0 Å². The number of hydrogen-bond acceptors (Lipinski definition) is 3. The summed E-state index contributed by atoms with van der Waals surface area (Å²) in [6.45, 7) is 0. The van der Waals surface area contributed by atoms with Gasteiger partial charge in [0.05, 0.1) is 12.2 Å². The standard InChI is InChI=1S/C8H17NO2/c1-10-6-3-4-8(11-2)7(9)5-6/h6-8H,3-5,9H2,1-2H3. The summed E-state index contributed by atoms with van der Waals surface area (Å²) in [6, 6.07) is 0.152. The Kier molecular flexibility index (Phi) is 3.30. The lowest BCUT2D eigenvalue weighted by atomic mass is 9.91. The average Bonchev–Trinajstić information content (AvgIpc) is 2.04. The van der Waals surface area contributed by atoms with Crippen LogP contribution in [0.3, 0.4) is 0 Å². The lowest BCUT2D eigenvalue weighted by Gasteiger charge is -2.32. The summed E-state index contributed by atoms with van der Waals surface area (Å²) in [5.41, 5.74) is 5.85. The van der Waals surface area contributed by atoms with Gasteiger partial charge in [0, 0.05) is 20.3 Å². The molecular weight excluding hydrogens is 142 g/mol. The van der Waals surface area contributed by atoms with Crippen molar-refractivity contribution in [2.45, 2.75) is 37.5 Å². The van der Waals surface area contributed by atoms with Crippen molar-refractivity contribution in [2.24, 2.45) is 5.73 Å². The highest BCUT2D eigenvalue weighted by Gasteiger charge is 2.27. The van der Waals surface area contributed by atoms with Gasteiger partial charge in [0.1, 0.15) is 0 Å². The second-order valence-corrected chi connectivity index (χ2v) is 3.11. The Labute approximate surface area is 67.9 Å². The van der Waals surface area contributed by atoms with Gasteiger partial charge in [0.2, 0.25) is 0 Å². The first-order valence-corrected chi connectivity index (χ1v) is 4.09. The molecule has 0 aromatic carbocycles. The Hall–Kier alpha value is -0.120. The van der Waals surface area contributed by atoms with Gasteiger partial charge in [-0.05, 0) is 19.3 Å². The fraction of sp³-hybridized carbons (Fsp3) is 1.00. The van der Waals surface area contributed by atoms with E-state index in [-0.39, 0.29) is 12.1 Å². The molecular formula is C8H17NO2. The van der Waals surface area contributed by atoms with Crippen molar-refractivity contribution in [2.75, 3.05) is 14.2 Å². The molecule has 1 aliphatic carbocycles. The van der Waals surface area contributed by atoms with E-state index in [1.807, 2.05) is 0 Å². The summed E-state index contributed by atoms with van der Waals surface area (Å²) in [5, 5.41) is 0. The Balaban J connectivity index is 2.34.